The Morgan fingerprint density at radius 1 is 0.947 bits per heavy atom. The molecule has 3 nitrogen and oxygen atoms in total. The Morgan fingerprint density at radius 3 is 2.21 bits per heavy atom. The van der Waals surface area contributed by atoms with Crippen LogP contribution in [0.2, 0.25) is 0 Å². The largest absolute Gasteiger partial charge is 0.412 e. The van der Waals surface area contributed by atoms with E-state index in [9.17, 15) is 4.79 Å². The van der Waals surface area contributed by atoms with Crippen LogP contribution in [-0.2, 0) is 0 Å². The summed E-state index contributed by atoms with van der Waals surface area (Å²) in [6.45, 7) is 0. The third-order valence-corrected chi connectivity index (χ3v) is 3.07. The molecule has 2 aromatic rings. The van der Waals surface area contributed by atoms with Crippen LogP contribution in [0.5, 0.6) is 5.75 Å². The minimum Gasteiger partial charge on any atom is -0.410 e. The second kappa shape index (κ2) is 5.14. The Balaban J connectivity index is 1.66. The van der Waals surface area contributed by atoms with Gasteiger partial charge in [0.25, 0.3) is 0 Å². The molecule has 19 heavy (non-hydrogen) atoms. The van der Waals surface area contributed by atoms with E-state index in [0.29, 0.717) is 11.8 Å². The van der Waals surface area contributed by atoms with Crippen molar-refractivity contribution in [3.63, 3.8) is 0 Å². The highest BCUT2D eigenvalue weighted by Crippen LogP contribution is 2.23. The quantitative estimate of drug-likeness (QED) is 0.907. The van der Waals surface area contributed by atoms with Gasteiger partial charge in [0.15, 0.2) is 0 Å². The third-order valence-electron chi connectivity index (χ3n) is 3.07. The zero-order valence-corrected chi connectivity index (χ0v) is 10.5. The van der Waals surface area contributed by atoms with Crippen molar-refractivity contribution in [1.82, 2.24) is 5.32 Å². The van der Waals surface area contributed by atoms with E-state index < -0.39 is 0 Å². The molecule has 1 saturated carbocycles. The minimum atomic E-state index is -0.366. The fraction of sp³-hybridized carbons (Fsp3) is 0.188. The van der Waals surface area contributed by atoms with Gasteiger partial charge in [-0.2, -0.15) is 0 Å². The number of amides is 1. The number of benzene rings is 2. The summed E-state index contributed by atoms with van der Waals surface area (Å²) in [5, 5.41) is 2.79. The van der Waals surface area contributed by atoms with Crippen molar-refractivity contribution < 1.29 is 9.53 Å². The molecule has 1 amide bonds. The topological polar surface area (TPSA) is 38.3 Å². The van der Waals surface area contributed by atoms with Crippen LogP contribution in [0.3, 0.4) is 0 Å². The van der Waals surface area contributed by atoms with Crippen LogP contribution in [0.25, 0.3) is 11.1 Å². The Kier molecular flexibility index (Phi) is 3.19. The number of hydrogen-bond acceptors (Lipinski definition) is 2. The van der Waals surface area contributed by atoms with Crippen LogP contribution < -0.4 is 10.1 Å². The van der Waals surface area contributed by atoms with Crippen molar-refractivity contribution in [3.8, 4) is 16.9 Å². The van der Waals surface area contributed by atoms with E-state index in [1.54, 1.807) is 0 Å². The van der Waals surface area contributed by atoms with E-state index >= 15 is 0 Å². The molecule has 0 heterocycles. The van der Waals surface area contributed by atoms with Crippen molar-refractivity contribution in [1.29, 1.82) is 0 Å². The first-order chi connectivity index (χ1) is 9.31. The third kappa shape index (κ3) is 3.13. The molecule has 1 aliphatic carbocycles. The second-order valence-electron chi connectivity index (χ2n) is 4.70. The summed E-state index contributed by atoms with van der Waals surface area (Å²) in [7, 11) is 0. The summed E-state index contributed by atoms with van der Waals surface area (Å²) >= 11 is 0. The second-order valence-corrected chi connectivity index (χ2v) is 4.70. The van der Waals surface area contributed by atoms with Crippen molar-refractivity contribution in [3.05, 3.63) is 54.6 Å². The fourth-order valence-corrected chi connectivity index (χ4v) is 1.88. The summed E-state index contributed by atoms with van der Waals surface area (Å²) in [5.74, 6) is 0.567. The van der Waals surface area contributed by atoms with Gasteiger partial charge in [0.05, 0.1) is 0 Å². The van der Waals surface area contributed by atoms with Gasteiger partial charge in [-0.1, -0.05) is 42.5 Å². The molecule has 0 aromatic heterocycles. The Labute approximate surface area is 112 Å². The Hall–Kier alpha value is -2.29. The van der Waals surface area contributed by atoms with Gasteiger partial charge >= 0.3 is 6.09 Å². The number of rotatable bonds is 3. The average Bonchev–Trinajstić information content (AvgIpc) is 3.24. The SMILES string of the molecule is O=C(NC1CC1)Oc1ccc(-c2ccccc2)cc1. The fourth-order valence-electron chi connectivity index (χ4n) is 1.88. The summed E-state index contributed by atoms with van der Waals surface area (Å²) in [5.41, 5.74) is 2.26. The van der Waals surface area contributed by atoms with E-state index in [1.165, 1.54) is 0 Å². The number of nitrogens with one attached hydrogen (secondary N) is 1. The normalized spacial score (nSPS) is 13.9. The lowest BCUT2D eigenvalue weighted by Gasteiger charge is -2.06. The maximum atomic E-state index is 11.5. The van der Waals surface area contributed by atoms with Crippen molar-refractivity contribution in [2.75, 3.05) is 0 Å². The van der Waals surface area contributed by atoms with Crippen LogP contribution in [-0.4, -0.2) is 12.1 Å². The summed E-state index contributed by atoms with van der Waals surface area (Å²) < 4.78 is 5.21. The molecule has 0 atom stereocenters. The van der Waals surface area contributed by atoms with Gasteiger partial charge in [0.1, 0.15) is 5.75 Å². The zero-order chi connectivity index (χ0) is 13.1. The van der Waals surface area contributed by atoms with Gasteiger partial charge in [-0.15, -0.1) is 0 Å². The van der Waals surface area contributed by atoms with Crippen LogP contribution in [0.4, 0.5) is 4.79 Å². The van der Waals surface area contributed by atoms with Gasteiger partial charge in [0, 0.05) is 6.04 Å². The van der Waals surface area contributed by atoms with Gasteiger partial charge in [-0.3, -0.25) is 0 Å². The molecule has 2 aromatic carbocycles. The highest BCUT2D eigenvalue weighted by atomic mass is 16.6. The molecular weight excluding hydrogens is 238 g/mol. The number of carbonyl (C=O) groups excluding carboxylic acids is 1. The maximum absolute atomic E-state index is 11.5. The molecule has 1 aliphatic rings. The molecule has 3 rings (SSSR count). The van der Waals surface area contributed by atoms with E-state index in [1.807, 2.05) is 42.5 Å². The molecule has 0 radical (unpaired) electrons. The first kappa shape index (κ1) is 11.8. The summed E-state index contributed by atoms with van der Waals surface area (Å²) in [4.78, 5) is 11.5. The first-order valence-corrected chi connectivity index (χ1v) is 6.45. The molecule has 0 saturated heterocycles. The van der Waals surface area contributed by atoms with E-state index in [4.69, 9.17) is 4.74 Å². The summed E-state index contributed by atoms with van der Waals surface area (Å²) in [6.07, 6.45) is 1.75. The Morgan fingerprint density at radius 2 is 1.58 bits per heavy atom. The lowest BCUT2D eigenvalue weighted by atomic mass is 10.1. The van der Waals surface area contributed by atoms with E-state index in [0.717, 1.165) is 24.0 Å². The van der Waals surface area contributed by atoms with Crippen LogP contribution in [0, 0.1) is 0 Å². The molecule has 1 N–H and O–H groups in total. The number of ether oxygens (including phenoxy) is 1. The standard InChI is InChI=1S/C16H15NO2/c18-16(17-14-8-9-14)19-15-10-6-13(7-11-15)12-4-2-1-3-5-12/h1-7,10-11,14H,8-9H2,(H,17,18). The van der Waals surface area contributed by atoms with Gasteiger partial charge < -0.3 is 10.1 Å². The van der Waals surface area contributed by atoms with Crippen LogP contribution in [0.1, 0.15) is 12.8 Å². The van der Waals surface area contributed by atoms with Crippen molar-refractivity contribution in [2.45, 2.75) is 18.9 Å². The van der Waals surface area contributed by atoms with E-state index in [-0.39, 0.29) is 6.09 Å². The lowest BCUT2D eigenvalue weighted by molar-refractivity contribution is 0.200. The predicted molar refractivity (Wildman–Crippen MR) is 74.1 cm³/mol. The first-order valence-electron chi connectivity index (χ1n) is 6.45. The molecule has 1 fully saturated rings. The highest BCUT2D eigenvalue weighted by molar-refractivity contribution is 5.72. The smallest absolute Gasteiger partial charge is 0.410 e. The predicted octanol–water partition coefficient (Wildman–Crippen LogP) is 3.60. The lowest BCUT2D eigenvalue weighted by Crippen LogP contribution is -2.28. The van der Waals surface area contributed by atoms with Gasteiger partial charge in [-0.05, 0) is 36.1 Å². The van der Waals surface area contributed by atoms with Crippen LogP contribution >= 0.6 is 0 Å². The maximum Gasteiger partial charge on any atom is 0.412 e. The monoisotopic (exact) mass is 253 g/mol. The minimum absolute atomic E-state index is 0.316. The molecule has 96 valence electrons. The molecular formula is C16H15NO2. The van der Waals surface area contributed by atoms with Crippen molar-refractivity contribution >= 4 is 6.09 Å². The average molecular weight is 253 g/mol. The highest BCUT2D eigenvalue weighted by Gasteiger charge is 2.24. The molecule has 0 aliphatic heterocycles. The number of carbonyl (C=O) groups is 1. The van der Waals surface area contributed by atoms with E-state index in [2.05, 4.69) is 17.4 Å². The molecule has 0 spiro atoms. The van der Waals surface area contributed by atoms with Gasteiger partial charge in [0.2, 0.25) is 0 Å². The zero-order valence-electron chi connectivity index (χ0n) is 10.5. The Bertz CT molecular complexity index is 559. The van der Waals surface area contributed by atoms with Gasteiger partial charge in [-0.25, -0.2) is 4.79 Å². The summed E-state index contributed by atoms with van der Waals surface area (Å²) in [6, 6.07) is 17.9. The van der Waals surface area contributed by atoms with Crippen molar-refractivity contribution in [2.24, 2.45) is 0 Å². The molecule has 0 unspecified atom stereocenters. The molecule has 0 bridgehead atoms. The van der Waals surface area contributed by atoms with Crippen LogP contribution in [0.15, 0.2) is 54.6 Å². The molecule has 3 heteroatoms. The number of hydrogen-bond donors (Lipinski definition) is 1.